The first kappa shape index (κ1) is 19.8. The number of guanidine groups is 1. The number of benzene rings is 1. The van der Waals surface area contributed by atoms with E-state index in [1.165, 1.54) is 5.56 Å². The summed E-state index contributed by atoms with van der Waals surface area (Å²) in [4.78, 5) is 4.30. The van der Waals surface area contributed by atoms with Crippen LogP contribution in [-0.2, 0) is 6.54 Å². The summed E-state index contributed by atoms with van der Waals surface area (Å²) in [7, 11) is 1.79. The second kappa shape index (κ2) is 10.5. The molecule has 1 unspecified atom stereocenters. The number of hydrogen-bond donors (Lipinski definition) is 2. The molecule has 6 nitrogen and oxygen atoms in total. The van der Waals surface area contributed by atoms with E-state index in [4.69, 9.17) is 4.74 Å². The van der Waals surface area contributed by atoms with Crippen LogP contribution in [0, 0.1) is 5.92 Å². The Morgan fingerprint density at radius 3 is 2.62 bits per heavy atom. The zero-order valence-corrected chi connectivity index (χ0v) is 16.3. The van der Waals surface area contributed by atoms with Gasteiger partial charge >= 0.3 is 0 Å². The van der Waals surface area contributed by atoms with E-state index in [9.17, 15) is 0 Å². The summed E-state index contributed by atoms with van der Waals surface area (Å²) in [5.41, 5.74) is 1.20. The van der Waals surface area contributed by atoms with Crippen LogP contribution in [0.4, 0.5) is 0 Å². The molecule has 0 fully saturated rings. The number of nitrogens with zero attached hydrogens (tertiary/aromatic N) is 3. The molecular formula is C20H31N5O. The highest BCUT2D eigenvalue weighted by Gasteiger charge is 2.08. The summed E-state index contributed by atoms with van der Waals surface area (Å²) in [5.74, 6) is 2.24. The van der Waals surface area contributed by atoms with Crippen molar-refractivity contribution in [2.45, 2.75) is 39.8 Å². The Hall–Kier alpha value is -2.50. The van der Waals surface area contributed by atoms with Crippen molar-refractivity contribution in [3.63, 3.8) is 0 Å². The van der Waals surface area contributed by atoms with Gasteiger partial charge in [-0.3, -0.25) is 9.67 Å². The van der Waals surface area contributed by atoms with E-state index in [-0.39, 0.29) is 6.04 Å². The maximum absolute atomic E-state index is 5.74. The smallest absolute Gasteiger partial charge is 0.191 e. The van der Waals surface area contributed by atoms with Gasteiger partial charge in [0.15, 0.2) is 5.96 Å². The number of hydrogen-bond acceptors (Lipinski definition) is 3. The summed E-state index contributed by atoms with van der Waals surface area (Å²) < 4.78 is 7.67. The first-order valence-corrected chi connectivity index (χ1v) is 9.26. The van der Waals surface area contributed by atoms with Crippen molar-refractivity contribution in [3.05, 3.63) is 48.3 Å². The lowest BCUT2D eigenvalue weighted by Crippen LogP contribution is -2.39. The van der Waals surface area contributed by atoms with Crippen LogP contribution in [0.1, 0.15) is 38.8 Å². The van der Waals surface area contributed by atoms with Crippen LogP contribution < -0.4 is 15.4 Å². The molecule has 0 amide bonds. The number of aliphatic imine (C=N–C) groups is 1. The highest BCUT2D eigenvalue weighted by molar-refractivity contribution is 5.80. The lowest BCUT2D eigenvalue weighted by atomic mass is 10.1. The van der Waals surface area contributed by atoms with Gasteiger partial charge in [-0.15, -0.1) is 0 Å². The topological polar surface area (TPSA) is 63.5 Å². The molecule has 2 rings (SSSR count). The first-order valence-electron chi connectivity index (χ1n) is 9.26. The molecule has 6 heteroatoms. The largest absolute Gasteiger partial charge is 0.493 e. The number of aromatic nitrogens is 2. The number of nitrogens with one attached hydrogen (secondary N) is 2. The Balaban J connectivity index is 1.75. The van der Waals surface area contributed by atoms with Gasteiger partial charge in [-0.2, -0.15) is 5.10 Å². The molecule has 0 saturated heterocycles. The van der Waals surface area contributed by atoms with Crippen LogP contribution in [0.5, 0.6) is 5.75 Å². The van der Waals surface area contributed by atoms with E-state index < -0.39 is 0 Å². The Morgan fingerprint density at radius 1 is 1.23 bits per heavy atom. The molecule has 0 radical (unpaired) electrons. The average molecular weight is 358 g/mol. The summed E-state index contributed by atoms with van der Waals surface area (Å²) >= 11 is 0. The molecule has 0 bridgehead atoms. The third-order valence-electron chi connectivity index (χ3n) is 3.96. The molecule has 0 aliphatic heterocycles. The highest BCUT2D eigenvalue weighted by Crippen LogP contribution is 2.18. The first-order chi connectivity index (χ1) is 12.6. The fraction of sp³-hybridized carbons (Fsp3) is 0.500. The van der Waals surface area contributed by atoms with Gasteiger partial charge in [0.2, 0.25) is 0 Å². The zero-order chi connectivity index (χ0) is 18.8. The van der Waals surface area contributed by atoms with E-state index in [0.717, 1.165) is 37.8 Å². The van der Waals surface area contributed by atoms with Crippen molar-refractivity contribution in [2.75, 3.05) is 20.2 Å². The lowest BCUT2D eigenvalue weighted by molar-refractivity contribution is 0.271. The molecule has 1 aromatic carbocycles. The van der Waals surface area contributed by atoms with Gasteiger partial charge in [0, 0.05) is 32.5 Å². The van der Waals surface area contributed by atoms with Gasteiger partial charge in [0.1, 0.15) is 5.75 Å². The monoisotopic (exact) mass is 357 g/mol. The van der Waals surface area contributed by atoms with Crippen LogP contribution in [0.3, 0.4) is 0 Å². The van der Waals surface area contributed by atoms with Crippen LogP contribution in [0.25, 0.3) is 0 Å². The van der Waals surface area contributed by atoms with Crippen molar-refractivity contribution < 1.29 is 4.74 Å². The van der Waals surface area contributed by atoms with Crippen molar-refractivity contribution >= 4 is 5.96 Å². The van der Waals surface area contributed by atoms with Crippen molar-refractivity contribution in [2.24, 2.45) is 10.9 Å². The van der Waals surface area contributed by atoms with Crippen LogP contribution in [0.15, 0.2) is 47.7 Å². The second-order valence-electron chi connectivity index (χ2n) is 6.76. The van der Waals surface area contributed by atoms with Crippen molar-refractivity contribution in [1.82, 2.24) is 20.4 Å². The van der Waals surface area contributed by atoms with Gasteiger partial charge in [0.25, 0.3) is 0 Å². The van der Waals surface area contributed by atoms with Crippen LogP contribution >= 0.6 is 0 Å². The summed E-state index contributed by atoms with van der Waals surface area (Å²) in [6, 6.07) is 10.3. The van der Waals surface area contributed by atoms with E-state index in [1.807, 2.05) is 29.1 Å². The number of ether oxygens (including phenoxy) is 1. The molecular weight excluding hydrogens is 326 g/mol. The van der Waals surface area contributed by atoms with E-state index in [1.54, 1.807) is 13.2 Å². The maximum Gasteiger partial charge on any atom is 0.191 e. The summed E-state index contributed by atoms with van der Waals surface area (Å²) in [5, 5.41) is 11.0. The van der Waals surface area contributed by atoms with E-state index >= 15 is 0 Å². The quantitative estimate of drug-likeness (QED) is 0.411. The Bertz CT molecular complexity index is 649. The minimum atomic E-state index is 0.159. The number of rotatable bonds is 9. The molecule has 2 N–H and O–H groups in total. The molecule has 0 aliphatic rings. The molecule has 1 heterocycles. The Labute approximate surface area is 156 Å². The summed E-state index contributed by atoms with van der Waals surface area (Å²) in [6.45, 7) is 8.89. The van der Waals surface area contributed by atoms with Gasteiger partial charge in [-0.05, 0) is 43.0 Å². The minimum absolute atomic E-state index is 0.159. The molecule has 0 spiro atoms. The SMILES string of the molecule is CN=C(NCCCn1cccn1)NC(C)c1ccc(OCC(C)C)cc1. The lowest BCUT2D eigenvalue weighted by Gasteiger charge is -2.19. The second-order valence-corrected chi connectivity index (χ2v) is 6.76. The zero-order valence-electron chi connectivity index (χ0n) is 16.3. The minimum Gasteiger partial charge on any atom is -0.493 e. The predicted molar refractivity (Wildman–Crippen MR) is 107 cm³/mol. The molecule has 0 saturated carbocycles. The molecule has 142 valence electrons. The Kier molecular flexibility index (Phi) is 7.99. The molecule has 1 aromatic heterocycles. The standard InChI is InChI=1S/C20H31N5O/c1-16(2)15-26-19-9-7-18(8-10-19)17(3)24-20(21-4)22-11-5-13-25-14-6-12-23-25/h6-10,12,14,16-17H,5,11,13,15H2,1-4H3,(H2,21,22,24). The van der Waals surface area contributed by atoms with E-state index in [2.05, 4.69) is 53.6 Å². The van der Waals surface area contributed by atoms with Crippen molar-refractivity contribution in [1.29, 1.82) is 0 Å². The molecule has 0 aliphatic carbocycles. The number of aryl methyl sites for hydroxylation is 1. The van der Waals surface area contributed by atoms with Gasteiger partial charge in [-0.1, -0.05) is 26.0 Å². The van der Waals surface area contributed by atoms with Crippen molar-refractivity contribution in [3.8, 4) is 5.75 Å². The Morgan fingerprint density at radius 2 is 2.00 bits per heavy atom. The molecule has 2 aromatic rings. The van der Waals surface area contributed by atoms with Gasteiger partial charge in [0.05, 0.1) is 12.6 Å². The highest BCUT2D eigenvalue weighted by atomic mass is 16.5. The summed E-state index contributed by atoms with van der Waals surface area (Å²) in [6.07, 6.45) is 4.76. The van der Waals surface area contributed by atoms with Crippen LogP contribution in [-0.4, -0.2) is 35.9 Å². The van der Waals surface area contributed by atoms with Gasteiger partial charge in [-0.25, -0.2) is 0 Å². The normalized spacial score (nSPS) is 12.9. The molecule has 26 heavy (non-hydrogen) atoms. The van der Waals surface area contributed by atoms with Crippen LogP contribution in [0.2, 0.25) is 0 Å². The maximum atomic E-state index is 5.74. The fourth-order valence-corrected chi connectivity index (χ4v) is 2.48. The van der Waals surface area contributed by atoms with E-state index in [0.29, 0.717) is 5.92 Å². The predicted octanol–water partition coefficient (Wildman–Crippen LogP) is 3.23. The third kappa shape index (κ3) is 6.78. The third-order valence-corrected chi connectivity index (χ3v) is 3.96. The molecule has 1 atom stereocenters. The average Bonchev–Trinajstić information content (AvgIpc) is 3.16. The van der Waals surface area contributed by atoms with Gasteiger partial charge < -0.3 is 15.4 Å². The fourth-order valence-electron chi connectivity index (χ4n) is 2.48.